The number of hydrogen-bond donors (Lipinski definition) is 1. The average Bonchev–Trinajstić information content (AvgIpc) is 3.12. The Hall–Kier alpha value is -1.44. The zero-order valence-electron chi connectivity index (χ0n) is 13.3. The van der Waals surface area contributed by atoms with Gasteiger partial charge < -0.3 is 10.0 Å². The van der Waals surface area contributed by atoms with Crippen LogP contribution in [0.5, 0.6) is 0 Å². The van der Waals surface area contributed by atoms with Gasteiger partial charge in [0.1, 0.15) is 9.88 Å². The standard InChI is InChI=1S/C16H17ClN2O3S2/c1-8-7-19(6-5-10(8)16(21)22)15(20)13-9(2)18-14(24-13)11-3-4-12(17)23-11/h3-4,8,10H,5-7H2,1-2H3,(H,21,22). The third-order valence-electron chi connectivity index (χ3n) is 4.28. The summed E-state index contributed by atoms with van der Waals surface area (Å²) in [4.78, 5) is 31.8. The van der Waals surface area contributed by atoms with Crippen molar-refractivity contribution < 1.29 is 14.7 Å². The molecule has 0 saturated carbocycles. The minimum atomic E-state index is -0.777. The number of piperidine rings is 1. The number of rotatable bonds is 3. The lowest BCUT2D eigenvalue weighted by Gasteiger charge is -2.34. The zero-order valence-corrected chi connectivity index (χ0v) is 15.7. The number of carbonyl (C=O) groups excluding carboxylic acids is 1. The number of carboxylic acid groups (broad SMARTS) is 1. The number of aromatic nitrogens is 1. The van der Waals surface area contributed by atoms with E-state index < -0.39 is 5.97 Å². The van der Waals surface area contributed by atoms with Crippen molar-refractivity contribution in [1.29, 1.82) is 0 Å². The van der Waals surface area contributed by atoms with E-state index in [-0.39, 0.29) is 17.7 Å². The molecule has 1 saturated heterocycles. The lowest BCUT2D eigenvalue weighted by Crippen LogP contribution is -2.44. The average molecular weight is 385 g/mol. The Kier molecular flexibility index (Phi) is 4.94. The number of nitrogens with zero attached hydrogens (tertiary/aromatic N) is 2. The molecule has 2 aromatic heterocycles. The maximum absolute atomic E-state index is 12.8. The molecule has 5 nitrogen and oxygen atoms in total. The third kappa shape index (κ3) is 3.34. The van der Waals surface area contributed by atoms with E-state index in [0.717, 1.165) is 9.88 Å². The van der Waals surface area contributed by atoms with Crippen molar-refractivity contribution in [3.8, 4) is 9.88 Å². The number of likely N-dealkylation sites (tertiary alicyclic amines) is 1. The second-order valence-electron chi connectivity index (χ2n) is 6.00. The quantitative estimate of drug-likeness (QED) is 0.867. The Morgan fingerprint density at radius 3 is 2.71 bits per heavy atom. The summed E-state index contributed by atoms with van der Waals surface area (Å²) in [5, 5.41) is 10.00. The highest BCUT2D eigenvalue weighted by Gasteiger charge is 2.34. The summed E-state index contributed by atoms with van der Waals surface area (Å²) in [7, 11) is 0. The van der Waals surface area contributed by atoms with Crippen LogP contribution in [0.2, 0.25) is 4.34 Å². The van der Waals surface area contributed by atoms with Crippen molar-refractivity contribution in [2.24, 2.45) is 11.8 Å². The number of hydrogen-bond acceptors (Lipinski definition) is 5. The largest absolute Gasteiger partial charge is 0.481 e. The van der Waals surface area contributed by atoms with E-state index in [2.05, 4.69) is 4.98 Å². The Bertz CT molecular complexity index is 786. The summed E-state index contributed by atoms with van der Waals surface area (Å²) >= 11 is 8.78. The molecule has 1 amide bonds. The number of halogens is 1. The van der Waals surface area contributed by atoms with Crippen molar-refractivity contribution in [3.63, 3.8) is 0 Å². The summed E-state index contributed by atoms with van der Waals surface area (Å²) in [6.45, 7) is 4.65. The summed E-state index contributed by atoms with van der Waals surface area (Å²) in [6.07, 6.45) is 0.494. The number of amides is 1. The minimum Gasteiger partial charge on any atom is -0.481 e. The third-order valence-corrected chi connectivity index (χ3v) is 6.83. The molecule has 3 rings (SSSR count). The van der Waals surface area contributed by atoms with Gasteiger partial charge in [-0.25, -0.2) is 4.98 Å². The number of aryl methyl sites for hydroxylation is 1. The van der Waals surface area contributed by atoms with Crippen molar-refractivity contribution in [2.45, 2.75) is 20.3 Å². The van der Waals surface area contributed by atoms with E-state index in [0.29, 0.717) is 34.4 Å². The van der Waals surface area contributed by atoms with Gasteiger partial charge in [-0.15, -0.1) is 22.7 Å². The van der Waals surface area contributed by atoms with Gasteiger partial charge in [0.15, 0.2) is 0 Å². The summed E-state index contributed by atoms with van der Waals surface area (Å²) < 4.78 is 0.690. The highest BCUT2D eigenvalue weighted by atomic mass is 35.5. The van der Waals surface area contributed by atoms with Crippen molar-refractivity contribution >= 4 is 46.2 Å². The molecule has 1 fully saturated rings. The molecule has 1 N–H and O–H groups in total. The second-order valence-corrected chi connectivity index (χ2v) is 8.71. The van der Waals surface area contributed by atoms with Crippen molar-refractivity contribution in [3.05, 3.63) is 27.0 Å². The molecule has 2 aromatic rings. The molecular weight excluding hydrogens is 368 g/mol. The fraction of sp³-hybridized carbons (Fsp3) is 0.438. The number of thiazole rings is 1. The maximum Gasteiger partial charge on any atom is 0.306 e. The first kappa shape index (κ1) is 17.4. The summed E-state index contributed by atoms with van der Waals surface area (Å²) in [6, 6.07) is 3.72. The Morgan fingerprint density at radius 1 is 1.38 bits per heavy atom. The molecule has 2 atom stereocenters. The summed E-state index contributed by atoms with van der Waals surface area (Å²) in [5.41, 5.74) is 0.706. The topological polar surface area (TPSA) is 70.5 Å². The highest BCUT2D eigenvalue weighted by molar-refractivity contribution is 7.24. The van der Waals surface area contributed by atoms with Gasteiger partial charge >= 0.3 is 5.97 Å². The Morgan fingerprint density at radius 2 is 2.12 bits per heavy atom. The molecule has 8 heteroatoms. The van der Waals surface area contributed by atoms with Crippen LogP contribution in [0.25, 0.3) is 9.88 Å². The van der Waals surface area contributed by atoms with Gasteiger partial charge in [-0.2, -0.15) is 0 Å². The van der Waals surface area contributed by atoms with Gasteiger partial charge in [0.05, 0.1) is 20.8 Å². The minimum absolute atomic E-state index is 0.0519. The number of thiophene rings is 1. The second kappa shape index (κ2) is 6.82. The van der Waals surface area contributed by atoms with Crippen LogP contribution in [0.15, 0.2) is 12.1 Å². The molecule has 0 radical (unpaired) electrons. The van der Waals surface area contributed by atoms with Gasteiger partial charge in [-0.3, -0.25) is 9.59 Å². The van der Waals surface area contributed by atoms with E-state index in [4.69, 9.17) is 11.6 Å². The number of carboxylic acids is 1. The first-order valence-corrected chi connectivity index (χ1v) is 9.63. The van der Waals surface area contributed by atoms with Crippen molar-refractivity contribution in [1.82, 2.24) is 9.88 Å². The smallest absolute Gasteiger partial charge is 0.306 e. The first-order valence-electron chi connectivity index (χ1n) is 7.62. The molecule has 0 spiro atoms. The van der Waals surface area contributed by atoms with Crippen LogP contribution in [0.3, 0.4) is 0 Å². The van der Waals surface area contributed by atoms with Crippen LogP contribution in [-0.4, -0.2) is 40.0 Å². The highest BCUT2D eigenvalue weighted by Crippen LogP contribution is 2.36. The summed E-state index contributed by atoms with van der Waals surface area (Å²) in [5.74, 6) is -1.26. The van der Waals surface area contributed by atoms with E-state index >= 15 is 0 Å². The van der Waals surface area contributed by atoms with Crippen molar-refractivity contribution in [2.75, 3.05) is 13.1 Å². The Labute approximate surface area is 152 Å². The first-order chi connectivity index (χ1) is 11.4. The zero-order chi connectivity index (χ0) is 17.4. The fourth-order valence-corrected chi connectivity index (χ4v) is 5.10. The van der Waals surface area contributed by atoms with Crippen LogP contribution in [0.4, 0.5) is 0 Å². The fourth-order valence-electron chi connectivity index (χ4n) is 2.97. The molecule has 0 aromatic carbocycles. The monoisotopic (exact) mass is 384 g/mol. The number of aliphatic carboxylic acids is 1. The van der Waals surface area contributed by atoms with Gasteiger partial charge in [0.25, 0.3) is 5.91 Å². The maximum atomic E-state index is 12.8. The molecule has 2 unspecified atom stereocenters. The molecule has 128 valence electrons. The van der Waals surface area contributed by atoms with E-state index in [9.17, 15) is 14.7 Å². The van der Waals surface area contributed by atoms with Gasteiger partial charge in [0.2, 0.25) is 0 Å². The van der Waals surface area contributed by atoms with Crippen LogP contribution < -0.4 is 0 Å². The van der Waals surface area contributed by atoms with Crippen LogP contribution in [-0.2, 0) is 4.79 Å². The van der Waals surface area contributed by atoms with Gasteiger partial charge in [-0.1, -0.05) is 18.5 Å². The van der Waals surface area contributed by atoms with E-state index in [1.807, 2.05) is 26.0 Å². The Balaban J connectivity index is 1.79. The van der Waals surface area contributed by atoms with Crippen LogP contribution >= 0.6 is 34.3 Å². The normalized spacial score (nSPS) is 21.0. The van der Waals surface area contributed by atoms with Gasteiger partial charge in [-0.05, 0) is 31.4 Å². The SMILES string of the molecule is Cc1nc(-c2ccc(Cl)s2)sc1C(=O)N1CCC(C(=O)O)C(C)C1. The predicted octanol–water partition coefficient (Wildman–Crippen LogP) is 4.02. The van der Waals surface area contributed by atoms with E-state index in [1.54, 1.807) is 4.90 Å². The van der Waals surface area contributed by atoms with Crippen LogP contribution in [0.1, 0.15) is 28.7 Å². The lowest BCUT2D eigenvalue weighted by atomic mass is 9.87. The molecule has 3 heterocycles. The van der Waals surface area contributed by atoms with Gasteiger partial charge in [0, 0.05) is 13.1 Å². The molecule has 1 aliphatic rings. The molecular formula is C16H17ClN2O3S2. The lowest BCUT2D eigenvalue weighted by molar-refractivity contribution is -0.145. The predicted molar refractivity (Wildman–Crippen MR) is 96.0 cm³/mol. The number of carbonyl (C=O) groups is 2. The van der Waals surface area contributed by atoms with Crippen LogP contribution in [0, 0.1) is 18.8 Å². The molecule has 24 heavy (non-hydrogen) atoms. The molecule has 1 aliphatic heterocycles. The molecule has 0 aliphatic carbocycles. The molecule has 0 bridgehead atoms. The van der Waals surface area contributed by atoms with E-state index in [1.165, 1.54) is 22.7 Å².